The van der Waals surface area contributed by atoms with Crippen LogP contribution in [0.15, 0.2) is 6.33 Å². The topological polar surface area (TPSA) is 100 Å². The first-order chi connectivity index (χ1) is 9.06. The third kappa shape index (κ3) is 3.43. The van der Waals surface area contributed by atoms with Crippen molar-refractivity contribution in [3.8, 4) is 0 Å². The normalized spacial score (nSPS) is 18.6. The molecule has 1 aromatic heterocycles. The van der Waals surface area contributed by atoms with Crippen LogP contribution in [0.25, 0.3) is 0 Å². The molecule has 2 heterocycles. The molecule has 0 aromatic carbocycles. The average molecular weight is 267 g/mol. The van der Waals surface area contributed by atoms with Crippen LogP contribution < -0.4 is 5.32 Å². The van der Waals surface area contributed by atoms with Crippen molar-refractivity contribution < 1.29 is 14.7 Å². The van der Waals surface area contributed by atoms with Crippen LogP contribution in [0.5, 0.6) is 0 Å². The number of likely N-dealkylation sites (tertiary alicyclic amines) is 1. The Labute approximate surface area is 110 Å². The Balaban J connectivity index is 1.72. The lowest BCUT2D eigenvalue weighted by atomic mass is 10.1. The first-order valence-corrected chi connectivity index (χ1v) is 6.16. The van der Waals surface area contributed by atoms with E-state index in [1.165, 1.54) is 4.90 Å². The van der Waals surface area contributed by atoms with Gasteiger partial charge in [-0.05, 0) is 6.42 Å². The zero-order valence-corrected chi connectivity index (χ0v) is 10.7. The van der Waals surface area contributed by atoms with Gasteiger partial charge in [-0.3, -0.25) is 9.48 Å². The Morgan fingerprint density at radius 1 is 1.58 bits per heavy atom. The standard InChI is InChI=1S/C11H17N5O3/c1-15-7-13-9(14-15)2-4-12-11(19)16-5-3-8(6-16)10(17)18/h7-8H,2-6H2,1H3,(H,12,19)(H,17,18). The van der Waals surface area contributed by atoms with Crippen LogP contribution in [0.3, 0.4) is 0 Å². The number of carbonyl (C=O) groups is 2. The summed E-state index contributed by atoms with van der Waals surface area (Å²) in [6, 6.07) is -0.223. The van der Waals surface area contributed by atoms with Crippen molar-refractivity contribution in [1.29, 1.82) is 0 Å². The molecule has 8 heteroatoms. The van der Waals surface area contributed by atoms with Gasteiger partial charge in [-0.15, -0.1) is 0 Å². The molecule has 8 nitrogen and oxygen atoms in total. The fourth-order valence-electron chi connectivity index (χ4n) is 2.04. The minimum absolute atomic E-state index is 0.223. The third-order valence-corrected chi connectivity index (χ3v) is 3.10. The molecular weight excluding hydrogens is 250 g/mol. The predicted octanol–water partition coefficient (Wildman–Crippen LogP) is -0.526. The summed E-state index contributed by atoms with van der Waals surface area (Å²) in [7, 11) is 1.78. The summed E-state index contributed by atoms with van der Waals surface area (Å²) in [6.45, 7) is 1.21. The molecule has 19 heavy (non-hydrogen) atoms. The van der Waals surface area contributed by atoms with Crippen LogP contribution >= 0.6 is 0 Å². The molecule has 2 N–H and O–H groups in total. The van der Waals surface area contributed by atoms with E-state index in [9.17, 15) is 9.59 Å². The Morgan fingerprint density at radius 2 is 2.37 bits per heavy atom. The van der Waals surface area contributed by atoms with Crippen molar-refractivity contribution in [2.45, 2.75) is 12.8 Å². The monoisotopic (exact) mass is 267 g/mol. The smallest absolute Gasteiger partial charge is 0.317 e. The fraction of sp³-hybridized carbons (Fsp3) is 0.636. The molecule has 0 aliphatic carbocycles. The van der Waals surface area contributed by atoms with E-state index in [1.54, 1.807) is 18.1 Å². The van der Waals surface area contributed by atoms with Gasteiger partial charge in [0.15, 0.2) is 5.82 Å². The average Bonchev–Trinajstić information content (AvgIpc) is 2.98. The Kier molecular flexibility index (Phi) is 3.98. The summed E-state index contributed by atoms with van der Waals surface area (Å²) < 4.78 is 1.61. The molecule has 2 rings (SSSR count). The van der Waals surface area contributed by atoms with Crippen molar-refractivity contribution in [3.05, 3.63) is 12.2 Å². The Morgan fingerprint density at radius 3 is 2.95 bits per heavy atom. The van der Waals surface area contributed by atoms with Crippen LogP contribution in [0.2, 0.25) is 0 Å². The molecule has 0 bridgehead atoms. The number of carbonyl (C=O) groups excluding carboxylic acids is 1. The zero-order valence-electron chi connectivity index (χ0n) is 10.7. The largest absolute Gasteiger partial charge is 0.481 e. The quantitative estimate of drug-likeness (QED) is 0.764. The van der Waals surface area contributed by atoms with Gasteiger partial charge in [-0.1, -0.05) is 0 Å². The molecule has 0 spiro atoms. The van der Waals surface area contributed by atoms with Crippen LogP contribution in [-0.2, 0) is 18.3 Å². The van der Waals surface area contributed by atoms with Crippen LogP contribution in [0.1, 0.15) is 12.2 Å². The zero-order chi connectivity index (χ0) is 13.8. The first-order valence-electron chi connectivity index (χ1n) is 6.16. The number of urea groups is 1. The van der Waals surface area contributed by atoms with E-state index < -0.39 is 11.9 Å². The lowest BCUT2D eigenvalue weighted by Gasteiger charge is -2.16. The SMILES string of the molecule is Cn1cnc(CCNC(=O)N2CCC(C(=O)O)C2)n1. The minimum atomic E-state index is -0.840. The van der Waals surface area contributed by atoms with E-state index >= 15 is 0 Å². The highest BCUT2D eigenvalue weighted by molar-refractivity contribution is 5.77. The molecule has 1 fully saturated rings. The van der Waals surface area contributed by atoms with Crippen molar-refractivity contribution in [1.82, 2.24) is 25.0 Å². The number of aliphatic carboxylic acids is 1. The fourth-order valence-corrected chi connectivity index (χ4v) is 2.04. The van der Waals surface area contributed by atoms with Crippen LogP contribution in [0, 0.1) is 5.92 Å². The summed E-state index contributed by atoms with van der Waals surface area (Å²) in [5.74, 6) is -0.608. The number of rotatable bonds is 4. The molecule has 1 aromatic rings. The summed E-state index contributed by atoms with van der Waals surface area (Å²) >= 11 is 0. The summed E-state index contributed by atoms with van der Waals surface area (Å²) in [4.78, 5) is 28.2. The number of aryl methyl sites for hydroxylation is 1. The first kappa shape index (κ1) is 13.3. The summed E-state index contributed by atoms with van der Waals surface area (Å²) in [6.07, 6.45) is 2.68. The lowest BCUT2D eigenvalue weighted by Crippen LogP contribution is -2.39. The summed E-state index contributed by atoms with van der Waals surface area (Å²) in [5, 5.41) is 15.7. The van der Waals surface area contributed by atoms with Gasteiger partial charge in [0.25, 0.3) is 0 Å². The van der Waals surface area contributed by atoms with Crippen molar-refractivity contribution in [3.63, 3.8) is 0 Å². The number of amides is 2. The maximum absolute atomic E-state index is 11.8. The summed E-state index contributed by atoms with van der Waals surface area (Å²) in [5.41, 5.74) is 0. The predicted molar refractivity (Wildman–Crippen MR) is 65.4 cm³/mol. The number of carboxylic acids is 1. The highest BCUT2D eigenvalue weighted by atomic mass is 16.4. The van der Waals surface area contributed by atoms with Crippen molar-refractivity contribution >= 4 is 12.0 Å². The maximum atomic E-state index is 11.8. The second-order valence-electron chi connectivity index (χ2n) is 4.59. The van der Waals surface area contributed by atoms with E-state index in [2.05, 4.69) is 15.4 Å². The van der Waals surface area contributed by atoms with Gasteiger partial charge >= 0.3 is 12.0 Å². The number of carboxylic acid groups (broad SMARTS) is 1. The van der Waals surface area contributed by atoms with Gasteiger partial charge < -0.3 is 15.3 Å². The molecule has 1 aliphatic rings. The number of nitrogens with one attached hydrogen (secondary N) is 1. The maximum Gasteiger partial charge on any atom is 0.317 e. The number of aromatic nitrogens is 3. The Hall–Kier alpha value is -2.12. The molecule has 1 aliphatic heterocycles. The second kappa shape index (κ2) is 5.68. The van der Waals surface area contributed by atoms with Crippen LogP contribution in [0.4, 0.5) is 4.79 Å². The second-order valence-corrected chi connectivity index (χ2v) is 4.59. The number of hydrogen-bond donors (Lipinski definition) is 2. The van der Waals surface area contributed by atoms with E-state index in [0.29, 0.717) is 31.8 Å². The molecular formula is C11H17N5O3. The molecule has 0 radical (unpaired) electrons. The van der Waals surface area contributed by atoms with Gasteiger partial charge in [0, 0.05) is 33.1 Å². The molecule has 1 saturated heterocycles. The molecule has 0 saturated carbocycles. The van der Waals surface area contributed by atoms with Crippen LogP contribution in [-0.4, -0.2) is 56.4 Å². The highest BCUT2D eigenvalue weighted by Crippen LogP contribution is 2.15. The minimum Gasteiger partial charge on any atom is -0.481 e. The van der Waals surface area contributed by atoms with Crippen molar-refractivity contribution in [2.24, 2.45) is 13.0 Å². The number of hydrogen-bond acceptors (Lipinski definition) is 4. The van der Waals surface area contributed by atoms with Crippen molar-refractivity contribution in [2.75, 3.05) is 19.6 Å². The van der Waals surface area contributed by atoms with E-state index in [1.807, 2.05) is 0 Å². The van der Waals surface area contributed by atoms with Gasteiger partial charge in [0.1, 0.15) is 6.33 Å². The van der Waals surface area contributed by atoms with E-state index in [4.69, 9.17) is 5.11 Å². The lowest BCUT2D eigenvalue weighted by molar-refractivity contribution is -0.141. The third-order valence-electron chi connectivity index (χ3n) is 3.10. The van der Waals surface area contributed by atoms with Gasteiger partial charge in [0.2, 0.25) is 0 Å². The van der Waals surface area contributed by atoms with Gasteiger partial charge in [-0.25, -0.2) is 9.78 Å². The highest BCUT2D eigenvalue weighted by Gasteiger charge is 2.30. The van der Waals surface area contributed by atoms with E-state index in [-0.39, 0.29) is 12.6 Å². The molecule has 104 valence electrons. The molecule has 1 unspecified atom stereocenters. The van der Waals surface area contributed by atoms with E-state index in [0.717, 1.165) is 0 Å². The number of nitrogens with zero attached hydrogens (tertiary/aromatic N) is 4. The molecule has 1 atom stereocenters. The van der Waals surface area contributed by atoms with Gasteiger partial charge in [0.05, 0.1) is 5.92 Å². The Bertz CT molecular complexity index is 473. The molecule has 2 amide bonds. The van der Waals surface area contributed by atoms with Gasteiger partial charge in [-0.2, -0.15) is 5.10 Å².